The van der Waals surface area contributed by atoms with Gasteiger partial charge in [-0.25, -0.2) is 9.69 Å². The first-order valence-corrected chi connectivity index (χ1v) is 12.5. The number of halogens is 2. The van der Waals surface area contributed by atoms with Gasteiger partial charge < -0.3 is 15.4 Å². The molecule has 0 saturated heterocycles. The number of anilines is 3. The van der Waals surface area contributed by atoms with E-state index in [2.05, 4.69) is 26.6 Å². The van der Waals surface area contributed by atoms with Crippen molar-refractivity contribution in [2.45, 2.75) is 13.3 Å². The molecule has 37 heavy (non-hydrogen) atoms. The topological polar surface area (TPSA) is 105 Å². The SMILES string of the molecule is CCCOC(=O)c1cccc(N2C(=O)C(Cl)=C(Nc3ccc(C(=O)Nc4ccccc4Br)cc3)C2=O)c1. The number of esters is 1. The molecule has 0 fully saturated rings. The van der Waals surface area contributed by atoms with E-state index in [1.807, 2.05) is 25.1 Å². The summed E-state index contributed by atoms with van der Waals surface area (Å²) in [6.07, 6.45) is 0.666. The molecular weight excluding hydrogens is 562 g/mol. The number of nitrogens with one attached hydrogen (secondary N) is 2. The Kier molecular flexibility index (Phi) is 8.05. The quantitative estimate of drug-likeness (QED) is 0.261. The Morgan fingerprint density at radius 1 is 0.946 bits per heavy atom. The van der Waals surface area contributed by atoms with Crippen molar-refractivity contribution < 1.29 is 23.9 Å². The Morgan fingerprint density at radius 2 is 1.68 bits per heavy atom. The monoisotopic (exact) mass is 581 g/mol. The molecule has 0 radical (unpaired) electrons. The van der Waals surface area contributed by atoms with Gasteiger partial charge in [0, 0.05) is 15.7 Å². The van der Waals surface area contributed by atoms with Gasteiger partial charge >= 0.3 is 5.97 Å². The van der Waals surface area contributed by atoms with E-state index in [1.54, 1.807) is 36.4 Å². The molecule has 4 rings (SSSR count). The molecule has 10 heteroatoms. The van der Waals surface area contributed by atoms with Crippen LogP contribution in [0.3, 0.4) is 0 Å². The highest BCUT2D eigenvalue weighted by molar-refractivity contribution is 9.10. The first kappa shape index (κ1) is 26.1. The first-order chi connectivity index (χ1) is 17.8. The van der Waals surface area contributed by atoms with Gasteiger partial charge in [-0.1, -0.05) is 36.7 Å². The first-order valence-electron chi connectivity index (χ1n) is 11.3. The van der Waals surface area contributed by atoms with Gasteiger partial charge in [-0.15, -0.1) is 0 Å². The van der Waals surface area contributed by atoms with Crippen molar-refractivity contribution in [3.8, 4) is 0 Å². The van der Waals surface area contributed by atoms with Crippen molar-refractivity contribution in [2.24, 2.45) is 0 Å². The molecule has 3 aromatic rings. The van der Waals surface area contributed by atoms with Crippen LogP contribution in [0.1, 0.15) is 34.1 Å². The number of rotatable bonds is 8. The lowest BCUT2D eigenvalue weighted by atomic mass is 10.1. The number of para-hydroxylation sites is 1. The molecular formula is C27H21BrClN3O5. The number of amides is 3. The van der Waals surface area contributed by atoms with Gasteiger partial charge in [0.1, 0.15) is 10.7 Å². The number of carbonyl (C=O) groups excluding carboxylic acids is 4. The Bertz CT molecular complexity index is 1420. The summed E-state index contributed by atoms with van der Waals surface area (Å²) < 4.78 is 5.88. The van der Waals surface area contributed by atoms with Crippen LogP contribution in [0.5, 0.6) is 0 Å². The molecule has 0 atom stereocenters. The summed E-state index contributed by atoms with van der Waals surface area (Å²) in [7, 11) is 0. The number of ether oxygens (including phenoxy) is 1. The van der Waals surface area contributed by atoms with Crippen molar-refractivity contribution >= 4 is 68.3 Å². The molecule has 8 nitrogen and oxygen atoms in total. The van der Waals surface area contributed by atoms with Gasteiger partial charge in [0.2, 0.25) is 0 Å². The van der Waals surface area contributed by atoms with Crippen LogP contribution in [0.2, 0.25) is 0 Å². The zero-order valence-corrected chi connectivity index (χ0v) is 21.9. The van der Waals surface area contributed by atoms with Gasteiger partial charge in [-0.2, -0.15) is 0 Å². The Hall–Kier alpha value is -3.95. The minimum absolute atomic E-state index is 0.115. The molecule has 3 amide bonds. The Labute approximate surface area is 226 Å². The van der Waals surface area contributed by atoms with Crippen molar-refractivity contribution in [2.75, 3.05) is 22.1 Å². The molecule has 1 heterocycles. The minimum Gasteiger partial charge on any atom is -0.462 e. The molecule has 0 aliphatic carbocycles. The van der Waals surface area contributed by atoms with Crippen LogP contribution >= 0.6 is 27.5 Å². The van der Waals surface area contributed by atoms with Gasteiger partial charge in [0.25, 0.3) is 17.7 Å². The van der Waals surface area contributed by atoms with Crippen LogP contribution in [0.25, 0.3) is 0 Å². The van der Waals surface area contributed by atoms with Gasteiger partial charge in [-0.05, 0) is 76.9 Å². The van der Waals surface area contributed by atoms with Crippen molar-refractivity contribution in [1.82, 2.24) is 0 Å². The molecule has 0 saturated carbocycles. The summed E-state index contributed by atoms with van der Waals surface area (Å²) in [5, 5.41) is 5.39. The van der Waals surface area contributed by atoms with Gasteiger partial charge in [0.15, 0.2) is 0 Å². The number of carbonyl (C=O) groups is 4. The van der Waals surface area contributed by atoms with Gasteiger partial charge in [-0.3, -0.25) is 14.4 Å². The van der Waals surface area contributed by atoms with E-state index >= 15 is 0 Å². The highest BCUT2D eigenvalue weighted by atomic mass is 79.9. The fourth-order valence-electron chi connectivity index (χ4n) is 3.50. The minimum atomic E-state index is -0.724. The summed E-state index contributed by atoms with van der Waals surface area (Å²) in [5.41, 5.74) is 1.75. The van der Waals surface area contributed by atoms with Crippen LogP contribution in [-0.2, 0) is 14.3 Å². The van der Waals surface area contributed by atoms with Crippen LogP contribution in [-0.4, -0.2) is 30.3 Å². The molecule has 0 unspecified atom stereocenters. The third-order valence-electron chi connectivity index (χ3n) is 5.34. The van der Waals surface area contributed by atoms with E-state index in [-0.39, 0.29) is 34.5 Å². The number of nitrogens with zero attached hydrogens (tertiary/aromatic N) is 1. The maximum atomic E-state index is 13.1. The lowest BCUT2D eigenvalue weighted by molar-refractivity contribution is -0.120. The highest BCUT2D eigenvalue weighted by Gasteiger charge is 2.39. The predicted molar refractivity (Wildman–Crippen MR) is 145 cm³/mol. The van der Waals surface area contributed by atoms with Crippen LogP contribution < -0.4 is 15.5 Å². The molecule has 0 aromatic heterocycles. The molecule has 1 aliphatic rings. The van der Waals surface area contributed by atoms with E-state index in [0.717, 1.165) is 9.37 Å². The Balaban J connectivity index is 1.48. The molecule has 1 aliphatic heterocycles. The fourth-order valence-corrected chi connectivity index (χ4v) is 4.10. The fraction of sp³-hybridized carbons (Fsp3) is 0.111. The number of hydrogen-bond acceptors (Lipinski definition) is 6. The number of benzene rings is 3. The smallest absolute Gasteiger partial charge is 0.338 e. The average Bonchev–Trinajstić information content (AvgIpc) is 3.11. The second-order valence-electron chi connectivity index (χ2n) is 7.96. The van der Waals surface area contributed by atoms with E-state index in [9.17, 15) is 19.2 Å². The third kappa shape index (κ3) is 5.73. The van der Waals surface area contributed by atoms with Crippen molar-refractivity contribution in [3.05, 3.63) is 99.1 Å². The second kappa shape index (κ2) is 11.4. The van der Waals surface area contributed by atoms with Crippen molar-refractivity contribution in [1.29, 1.82) is 0 Å². The molecule has 188 valence electrons. The maximum absolute atomic E-state index is 13.1. The van der Waals surface area contributed by atoms with E-state index < -0.39 is 17.8 Å². The van der Waals surface area contributed by atoms with Crippen molar-refractivity contribution in [3.63, 3.8) is 0 Å². The summed E-state index contributed by atoms with van der Waals surface area (Å²) in [6, 6.07) is 19.6. The maximum Gasteiger partial charge on any atom is 0.338 e. The summed E-state index contributed by atoms with van der Waals surface area (Å²) in [4.78, 5) is 51.6. The average molecular weight is 583 g/mol. The van der Waals surface area contributed by atoms with Crippen LogP contribution in [0, 0.1) is 0 Å². The molecule has 0 bridgehead atoms. The zero-order valence-electron chi connectivity index (χ0n) is 19.6. The highest BCUT2D eigenvalue weighted by Crippen LogP contribution is 2.31. The largest absolute Gasteiger partial charge is 0.462 e. The number of imide groups is 1. The van der Waals surface area contributed by atoms with E-state index in [0.29, 0.717) is 23.4 Å². The van der Waals surface area contributed by atoms with Gasteiger partial charge in [0.05, 0.1) is 23.5 Å². The summed E-state index contributed by atoms with van der Waals surface area (Å²) >= 11 is 9.61. The van der Waals surface area contributed by atoms with E-state index in [1.165, 1.54) is 18.2 Å². The molecule has 0 spiro atoms. The lowest BCUT2D eigenvalue weighted by Crippen LogP contribution is -2.32. The molecule has 2 N–H and O–H groups in total. The van der Waals surface area contributed by atoms with Crippen LogP contribution in [0.4, 0.5) is 17.1 Å². The predicted octanol–water partition coefficient (Wildman–Crippen LogP) is 5.70. The summed E-state index contributed by atoms with van der Waals surface area (Å²) in [6.45, 7) is 2.13. The van der Waals surface area contributed by atoms with Crippen LogP contribution in [0.15, 0.2) is 88.0 Å². The normalized spacial score (nSPS) is 13.1. The Morgan fingerprint density at radius 3 is 2.38 bits per heavy atom. The number of hydrogen-bond donors (Lipinski definition) is 2. The summed E-state index contributed by atoms with van der Waals surface area (Å²) in [5.74, 6) is -2.27. The lowest BCUT2D eigenvalue weighted by Gasteiger charge is -2.16. The van der Waals surface area contributed by atoms with E-state index in [4.69, 9.17) is 16.3 Å². The zero-order chi connectivity index (χ0) is 26.5. The molecule has 3 aromatic carbocycles. The standard InChI is InChI=1S/C27H21BrClN3O5/c1-2-14-37-27(36)17-6-5-7-19(15-17)32-25(34)22(29)23(26(32)35)30-18-12-10-16(11-13-18)24(33)31-21-9-4-3-8-20(21)28/h3-13,15,30H,2,14H2,1H3,(H,31,33). The second-order valence-corrected chi connectivity index (χ2v) is 9.19. The third-order valence-corrected chi connectivity index (χ3v) is 6.39.